The highest BCUT2D eigenvalue weighted by atomic mass is 19.1. The van der Waals surface area contributed by atoms with Gasteiger partial charge in [0.25, 0.3) is 0 Å². The number of rotatable bonds is 4. The zero-order valence-electron chi connectivity index (χ0n) is 9.90. The summed E-state index contributed by atoms with van der Waals surface area (Å²) in [6.07, 6.45) is 4.80. The lowest BCUT2D eigenvalue weighted by Crippen LogP contribution is -2.20. The van der Waals surface area contributed by atoms with Gasteiger partial charge in [-0.15, -0.1) is 0 Å². The molecule has 0 aliphatic carbocycles. The van der Waals surface area contributed by atoms with Crippen LogP contribution in [0.1, 0.15) is 24.2 Å². The average Bonchev–Trinajstić information content (AvgIpc) is 2.40. The van der Waals surface area contributed by atoms with Gasteiger partial charge in [-0.1, -0.05) is 0 Å². The third-order valence-electron chi connectivity index (χ3n) is 2.63. The summed E-state index contributed by atoms with van der Waals surface area (Å²) in [5.74, 6) is -0.866. The molecule has 1 unspecified atom stereocenters. The molecule has 0 aliphatic heterocycles. The Hall–Kier alpha value is -1.88. The lowest BCUT2D eigenvalue weighted by atomic mass is 10.1. The molecule has 3 nitrogen and oxygen atoms in total. The number of hydrogen-bond donors (Lipinski definition) is 1. The summed E-state index contributed by atoms with van der Waals surface area (Å²) in [7, 11) is 0. The molecule has 2 aromatic rings. The number of nitrogens with one attached hydrogen (secondary N) is 1. The number of halogens is 2. The van der Waals surface area contributed by atoms with E-state index in [9.17, 15) is 8.78 Å². The Balaban J connectivity index is 2.03. The average molecular weight is 249 g/mol. The number of benzene rings is 1. The minimum Gasteiger partial charge on any atom is -0.304 e. The van der Waals surface area contributed by atoms with E-state index in [-0.39, 0.29) is 6.04 Å². The van der Waals surface area contributed by atoms with Crippen molar-refractivity contribution in [1.82, 2.24) is 15.3 Å². The van der Waals surface area contributed by atoms with Crippen LogP contribution in [0.5, 0.6) is 0 Å². The molecule has 18 heavy (non-hydrogen) atoms. The molecule has 0 saturated heterocycles. The van der Waals surface area contributed by atoms with Crippen molar-refractivity contribution in [3.8, 4) is 0 Å². The van der Waals surface area contributed by atoms with Gasteiger partial charge in [0, 0.05) is 36.7 Å². The Morgan fingerprint density at radius 3 is 2.83 bits per heavy atom. The highest BCUT2D eigenvalue weighted by Crippen LogP contribution is 2.18. The van der Waals surface area contributed by atoms with Crippen molar-refractivity contribution >= 4 is 0 Å². The van der Waals surface area contributed by atoms with Crippen LogP contribution in [0.25, 0.3) is 0 Å². The van der Waals surface area contributed by atoms with E-state index in [1.54, 1.807) is 25.5 Å². The summed E-state index contributed by atoms with van der Waals surface area (Å²) in [5.41, 5.74) is 1.06. The second kappa shape index (κ2) is 5.64. The molecule has 0 aliphatic rings. The smallest absolute Gasteiger partial charge is 0.128 e. The predicted molar refractivity (Wildman–Crippen MR) is 63.6 cm³/mol. The summed E-state index contributed by atoms with van der Waals surface area (Å²) >= 11 is 0. The fourth-order valence-corrected chi connectivity index (χ4v) is 1.64. The standard InChI is InChI=1S/C13H13F2N3/c1-9(12-6-10(14)2-3-13(12)15)18-8-11-7-16-4-5-17-11/h2-7,9,18H,8H2,1H3. The van der Waals surface area contributed by atoms with Gasteiger partial charge in [0.15, 0.2) is 0 Å². The molecule has 0 bridgehead atoms. The minimum atomic E-state index is -0.445. The van der Waals surface area contributed by atoms with E-state index in [0.29, 0.717) is 12.1 Å². The Bertz CT molecular complexity index is 517. The van der Waals surface area contributed by atoms with Crippen LogP contribution < -0.4 is 5.32 Å². The normalized spacial score (nSPS) is 12.4. The van der Waals surface area contributed by atoms with Crippen LogP contribution in [0.3, 0.4) is 0 Å². The lowest BCUT2D eigenvalue weighted by Gasteiger charge is -2.14. The molecule has 1 N–H and O–H groups in total. The zero-order valence-corrected chi connectivity index (χ0v) is 9.90. The van der Waals surface area contributed by atoms with Crippen LogP contribution in [0.2, 0.25) is 0 Å². The molecule has 0 spiro atoms. The van der Waals surface area contributed by atoms with Gasteiger partial charge in [-0.3, -0.25) is 9.97 Å². The number of nitrogens with zero attached hydrogens (tertiary/aromatic N) is 2. The summed E-state index contributed by atoms with van der Waals surface area (Å²) in [6, 6.07) is 3.13. The molecule has 0 fully saturated rings. The second-order valence-electron chi connectivity index (χ2n) is 3.97. The van der Waals surface area contributed by atoms with Crippen molar-refractivity contribution < 1.29 is 8.78 Å². The Labute approximate surface area is 104 Å². The van der Waals surface area contributed by atoms with Crippen LogP contribution >= 0.6 is 0 Å². The number of aromatic nitrogens is 2. The molecular weight excluding hydrogens is 236 g/mol. The quantitative estimate of drug-likeness (QED) is 0.905. The van der Waals surface area contributed by atoms with Crippen molar-refractivity contribution in [3.63, 3.8) is 0 Å². The van der Waals surface area contributed by atoms with E-state index in [1.807, 2.05) is 0 Å². The molecule has 0 saturated carbocycles. The maximum atomic E-state index is 13.5. The predicted octanol–water partition coefficient (Wildman–Crippen LogP) is 2.61. The van der Waals surface area contributed by atoms with E-state index >= 15 is 0 Å². The van der Waals surface area contributed by atoms with Crippen LogP contribution in [-0.4, -0.2) is 9.97 Å². The molecule has 2 rings (SSSR count). The first-order valence-corrected chi connectivity index (χ1v) is 5.60. The lowest BCUT2D eigenvalue weighted by molar-refractivity contribution is 0.515. The minimum absolute atomic E-state index is 0.303. The molecule has 94 valence electrons. The molecule has 1 heterocycles. The molecule has 1 aromatic heterocycles. The molecule has 0 amide bonds. The summed E-state index contributed by atoms with van der Waals surface area (Å²) < 4.78 is 26.6. The van der Waals surface area contributed by atoms with E-state index < -0.39 is 11.6 Å². The van der Waals surface area contributed by atoms with Gasteiger partial charge in [0.2, 0.25) is 0 Å². The van der Waals surface area contributed by atoms with Crippen molar-refractivity contribution in [2.24, 2.45) is 0 Å². The third-order valence-corrected chi connectivity index (χ3v) is 2.63. The Morgan fingerprint density at radius 1 is 1.28 bits per heavy atom. The fraction of sp³-hybridized carbons (Fsp3) is 0.231. The SMILES string of the molecule is CC(NCc1cnccn1)c1cc(F)ccc1F. The second-order valence-corrected chi connectivity index (χ2v) is 3.97. The van der Waals surface area contributed by atoms with Crippen molar-refractivity contribution in [3.05, 3.63) is 59.7 Å². The van der Waals surface area contributed by atoms with E-state index in [1.165, 1.54) is 6.07 Å². The van der Waals surface area contributed by atoms with E-state index in [4.69, 9.17) is 0 Å². The van der Waals surface area contributed by atoms with Gasteiger partial charge < -0.3 is 5.32 Å². The van der Waals surface area contributed by atoms with Gasteiger partial charge >= 0.3 is 0 Å². The first kappa shape index (κ1) is 12.6. The molecule has 0 radical (unpaired) electrons. The van der Waals surface area contributed by atoms with Gasteiger partial charge in [-0.05, 0) is 25.1 Å². The van der Waals surface area contributed by atoms with Crippen LogP contribution in [0.15, 0.2) is 36.8 Å². The summed E-state index contributed by atoms with van der Waals surface area (Å²) in [4.78, 5) is 8.02. The maximum Gasteiger partial charge on any atom is 0.128 e. The fourth-order valence-electron chi connectivity index (χ4n) is 1.64. The molecule has 1 atom stereocenters. The van der Waals surface area contributed by atoms with Crippen LogP contribution in [0.4, 0.5) is 8.78 Å². The molecular formula is C13H13F2N3. The molecule has 5 heteroatoms. The van der Waals surface area contributed by atoms with Gasteiger partial charge in [-0.2, -0.15) is 0 Å². The van der Waals surface area contributed by atoms with Crippen LogP contribution in [0, 0.1) is 11.6 Å². The van der Waals surface area contributed by atoms with Crippen molar-refractivity contribution in [2.45, 2.75) is 19.5 Å². The highest BCUT2D eigenvalue weighted by molar-refractivity contribution is 5.21. The first-order chi connectivity index (χ1) is 8.66. The van der Waals surface area contributed by atoms with Crippen molar-refractivity contribution in [1.29, 1.82) is 0 Å². The zero-order chi connectivity index (χ0) is 13.0. The first-order valence-electron chi connectivity index (χ1n) is 5.60. The summed E-state index contributed by atoms with van der Waals surface area (Å²) in [6.45, 7) is 2.22. The summed E-state index contributed by atoms with van der Waals surface area (Å²) in [5, 5.41) is 3.07. The van der Waals surface area contributed by atoms with E-state index in [2.05, 4.69) is 15.3 Å². The highest BCUT2D eigenvalue weighted by Gasteiger charge is 2.11. The Morgan fingerprint density at radius 2 is 2.11 bits per heavy atom. The van der Waals surface area contributed by atoms with Gasteiger partial charge in [0.1, 0.15) is 11.6 Å². The monoisotopic (exact) mass is 249 g/mol. The van der Waals surface area contributed by atoms with Gasteiger partial charge in [0.05, 0.1) is 5.69 Å². The molecule has 1 aromatic carbocycles. The van der Waals surface area contributed by atoms with E-state index in [0.717, 1.165) is 17.8 Å². The topological polar surface area (TPSA) is 37.8 Å². The maximum absolute atomic E-state index is 13.5. The van der Waals surface area contributed by atoms with Crippen LogP contribution in [-0.2, 0) is 6.54 Å². The Kier molecular flexibility index (Phi) is 3.94. The largest absolute Gasteiger partial charge is 0.304 e. The third kappa shape index (κ3) is 3.07. The van der Waals surface area contributed by atoms with Gasteiger partial charge in [-0.25, -0.2) is 8.78 Å². The van der Waals surface area contributed by atoms with Crippen molar-refractivity contribution in [2.75, 3.05) is 0 Å². The number of hydrogen-bond acceptors (Lipinski definition) is 3.